The monoisotopic (exact) mass is 686 g/mol. The second kappa shape index (κ2) is 13.9. The molecule has 0 fully saturated rings. The number of rotatable bonds is 7. The van der Waals surface area contributed by atoms with E-state index in [0.29, 0.717) is 0 Å². The molecule has 8 aromatic carbocycles. The standard InChI is InChI=1S/C44H34P4/c45-39-29-41(47(31-17-5-1-6-18-31)32-19-7-2-8-20-32)43(37-27-15-13-25-35(37)39)44-38-28-16-14-26-36(38)40(46)30-42(44)48(33-21-9-3-10-22-33)34-23-11-4-12-24-34/h1-30H,45-46H2. The molecule has 0 N–H and O–H groups in total. The van der Waals surface area contributed by atoms with Gasteiger partial charge in [0.1, 0.15) is 0 Å². The minimum absolute atomic E-state index is 0.894. The number of benzene rings is 8. The molecule has 0 spiro atoms. The molecule has 0 aliphatic heterocycles. The van der Waals surface area contributed by atoms with Gasteiger partial charge in [0.15, 0.2) is 0 Å². The summed E-state index contributed by atoms with van der Waals surface area (Å²) in [5.41, 5.74) is 2.68. The van der Waals surface area contributed by atoms with E-state index in [1.165, 1.54) is 75.1 Å². The van der Waals surface area contributed by atoms with Gasteiger partial charge in [-0.05, 0) is 103 Å². The van der Waals surface area contributed by atoms with Gasteiger partial charge in [-0.25, -0.2) is 0 Å². The molecule has 8 aromatic rings. The van der Waals surface area contributed by atoms with Crippen LogP contribution in [0.5, 0.6) is 0 Å². The summed E-state index contributed by atoms with van der Waals surface area (Å²) in [6.07, 6.45) is 0. The van der Waals surface area contributed by atoms with Crippen molar-refractivity contribution >= 4 is 98.3 Å². The topological polar surface area (TPSA) is 0 Å². The molecule has 0 radical (unpaired) electrons. The lowest BCUT2D eigenvalue weighted by Crippen LogP contribution is -2.28. The number of fused-ring (bicyclic) bond motifs is 2. The van der Waals surface area contributed by atoms with Gasteiger partial charge in [0.2, 0.25) is 0 Å². The second-order valence-electron chi connectivity index (χ2n) is 11.8. The summed E-state index contributed by atoms with van der Waals surface area (Å²) < 4.78 is 0. The van der Waals surface area contributed by atoms with E-state index in [9.17, 15) is 0 Å². The molecule has 0 saturated carbocycles. The fourth-order valence-corrected chi connectivity index (χ4v) is 13.0. The van der Waals surface area contributed by atoms with Crippen molar-refractivity contribution in [1.82, 2.24) is 0 Å². The maximum atomic E-state index is 3.07. The van der Waals surface area contributed by atoms with Crippen LogP contribution in [0.2, 0.25) is 0 Å². The van der Waals surface area contributed by atoms with Crippen LogP contribution in [0.15, 0.2) is 182 Å². The van der Waals surface area contributed by atoms with Gasteiger partial charge in [0.25, 0.3) is 0 Å². The van der Waals surface area contributed by atoms with Crippen molar-refractivity contribution < 1.29 is 0 Å². The van der Waals surface area contributed by atoms with Gasteiger partial charge >= 0.3 is 0 Å². The molecular formula is C44H34P4. The lowest BCUT2D eigenvalue weighted by atomic mass is 9.93. The fraction of sp³-hybridized carbons (Fsp3) is 0. The Morgan fingerprint density at radius 2 is 0.542 bits per heavy atom. The Morgan fingerprint density at radius 1 is 0.292 bits per heavy atom. The zero-order chi connectivity index (χ0) is 32.5. The van der Waals surface area contributed by atoms with Crippen LogP contribution >= 0.6 is 34.3 Å². The van der Waals surface area contributed by atoms with Gasteiger partial charge in [0.05, 0.1) is 0 Å². The number of hydrogen-bond donors (Lipinski definition) is 0. The zero-order valence-corrected chi connectivity index (χ0v) is 30.5. The van der Waals surface area contributed by atoms with Gasteiger partial charge in [0, 0.05) is 0 Å². The highest BCUT2D eigenvalue weighted by molar-refractivity contribution is 7.81. The van der Waals surface area contributed by atoms with Crippen LogP contribution in [0.3, 0.4) is 0 Å². The Balaban J connectivity index is 1.57. The molecular weight excluding hydrogens is 652 g/mol. The van der Waals surface area contributed by atoms with Crippen LogP contribution in [0.25, 0.3) is 32.7 Å². The third-order valence-electron chi connectivity index (χ3n) is 8.90. The van der Waals surface area contributed by atoms with E-state index >= 15 is 0 Å². The van der Waals surface area contributed by atoms with Crippen molar-refractivity contribution in [3.63, 3.8) is 0 Å². The van der Waals surface area contributed by atoms with Crippen LogP contribution in [0.1, 0.15) is 0 Å². The highest BCUT2D eigenvalue weighted by atomic mass is 31.1. The van der Waals surface area contributed by atoms with E-state index in [0.717, 1.165) is 0 Å². The summed E-state index contributed by atoms with van der Waals surface area (Å²) >= 11 is 0. The first-order valence-electron chi connectivity index (χ1n) is 16.1. The highest BCUT2D eigenvalue weighted by Gasteiger charge is 2.29. The average Bonchev–Trinajstić information content (AvgIpc) is 3.15. The van der Waals surface area contributed by atoms with Gasteiger partial charge in [-0.1, -0.05) is 170 Å². The molecule has 8 rings (SSSR count). The molecule has 0 bridgehead atoms. The molecule has 0 heterocycles. The highest BCUT2D eigenvalue weighted by Crippen LogP contribution is 2.45. The maximum absolute atomic E-state index is 3.07. The van der Waals surface area contributed by atoms with Gasteiger partial charge in [-0.2, -0.15) is 0 Å². The normalized spacial score (nSPS) is 11.5. The average molecular weight is 687 g/mol. The molecule has 0 amide bonds. The summed E-state index contributed by atoms with van der Waals surface area (Å²) in [4.78, 5) is 0. The van der Waals surface area contributed by atoms with E-state index in [1.54, 1.807) is 0 Å². The molecule has 4 heteroatoms. The quantitative estimate of drug-likeness (QED) is 0.149. The van der Waals surface area contributed by atoms with Gasteiger partial charge in [-0.15, -0.1) is 18.5 Å². The first-order valence-corrected chi connectivity index (χ1v) is 20.0. The third-order valence-corrected chi connectivity index (χ3v) is 14.8. The smallest absolute Gasteiger partial charge is 0.000837 e. The number of hydrogen-bond acceptors (Lipinski definition) is 0. The van der Waals surface area contributed by atoms with E-state index in [2.05, 4.69) is 200 Å². The van der Waals surface area contributed by atoms with Crippen molar-refractivity contribution in [2.45, 2.75) is 0 Å². The van der Waals surface area contributed by atoms with Crippen LogP contribution < -0.4 is 42.4 Å². The largest absolute Gasteiger partial charge is 0.105 e. The third kappa shape index (κ3) is 5.83. The molecule has 48 heavy (non-hydrogen) atoms. The molecule has 0 aromatic heterocycles. The molecule has 2 unspecified atom stereocenters. The van der Waals surface area contributed by atoms with Crippen LogP contribution in [0.4, 0.5) is 0 Å². The summed E-state index contributed by atoms with van der Waals surface area (Å²) in [5.74, 6) is 0. The van der Waals surface area contributed by atoms with Crippen LogP contribution in [-0.2, 0) is 0 Å². The Morgan fingerprint density at radius 3 is 0.833 bits per heavy atom. The predicted molar refractivity (Wildman–Crippen MR) is 223 cm³/mol. The van der Waals surface area contributed by atoms with E-state index < -0.39 is 15.8 Å². The zero-order valence-electron chi connectivity index (χ0n) is 26.4. The van der Waals surface area contributed by atoms with Crippen molar-refractivity contribution in [2.75, 3.05) is 0 Å². The SMILES string of the molecule is Pc1cc(P(c2ccccc2)c2ccccc2)c(-c2c(P(c3ccccc3)c3ccccc3)cc(P)c3ccccc23)c2ccccc12. The molecule has 2 atom stereocenters. The predicted octanol–water partition coefficient (Wildman–Crippen LogP) is 8.18. The summed E-state index contributed by atoms with van der Waals surface area (Å²) in [7, 11) is 4.36. The van der Waals surface area contributed by atoms with Crippen LogP contribution in [-0.4, -0.2) is 0 Å². The lowest BCUT2D eigenvalue weighted by Gasteiger charge is -2.29. The lowest BCUT2D eigenvalue weighted by molar-refractivity contribution is 1.73. The van der Waals surface area contributed by atoms with Gasteiger partial charge in [-0.3, -0.25) is 0 Å². The molecule has 0 nitrogen and oxygen atoms in total. The molecule has 0 aliphatic carbocycles. The van der Waals surface area contributed by atoms with E-state index in [1.807, 2.05) is 0 Å². The van der Waals surface area contributed by atoms with Gasteiger partial charge < -0.3 is 0 Å². The summed E-state index contributed by atoms with van der Waals surface area (Å²) in [5, 5.41) is 15.7. The summed E-state index contributed by atoms with van der Waals surface area (Å²) in [6.45, 7) is 0. The minimum atomic E-state index is -0.894. The van der Waals surface area contributed by atoms with E-state index in [4.69, 9.17) is 0 Å². The van der Waals surface area contributed by atoms with Crippen molar-refractivity contribution in [2.24, 2.45) is 0 Å². The molecule has 0 aliphatic rings. The second-order valence-corrected chi connectivity index (χ2v) is 17.4. The van der Waals surface area contributed by atoms with Crippen molar-refractivity contribution in [3.05, 3.63) is 182 Å². The maximum Gasteiger partial charge on any atom is -0.000837 e. The first-order chi connectivity index (χ1) is 23.7. The van der Waals surface area contributed by atoms with Crippen molar-refractivity contribution in [1.29, 1.82) is 0 Å². The Bertz CT molecular complexity index is 2110. The minimum Gasteiger partial charge on any atom is -0.105 e. The Hall–Kier alpha value is -4.00. The Kier molecular flexibility index (Phi) is 9.03. The van der Waals surface area contributed by atoms with E-state index in [-0.39, 0.29) is 0 Å². The first kappa shape index (κ1) is 31.3. The van der Waals surface area contributed by atoms with Crippen LogP contribution in [0, 0.1) is 0 Å². The summed E-state index contributed by atoms with van der Waals surface area (Å²) in [6, 6.07) is 67.4. The fourth-order valence-electron chi connectivity index (χ4n) is 6.82. The molecule has 230 valence electrons. The molecule has 0 saturated heterocycles. The van der Waals surface area contributed by atoms with Crippen molar-refractivity contribution in [3.8, 4) is 11.1 Å². The Labute approximate surface area is 290 Å².